The minimum absolute atomic E-state index is 0.951. The smallest absolute Gasteiger partial charge is 0.125 e. The fourth-order valence-corrected chi connectivity index (χ4v) is 2.48. The average molecular weight is 277 g/mol. The lowest BCUT2D eigenvalue weighted by molar-refractivity contribution is 0.120. The Morgan fingerprint density at radius 1 is 1.20 bits per heavy atom. The van der Waals surface area contributed by atoms with E-state index >= 15 is 0 Å². The number of anilines is 1. The molecule has 0 spiro atoms. The van der Waals surface area contributed by atoms with Crippen LogP contribution in [-0.2, 0) is 6.54 Å². The van der Waals surface area contributed by atoms with Crippen molar-refractivity contribution in [3.05, 3.63) is 23.9 Å². The molecule has 2 heterocycles. The molecule has 1 N–H and O–H groups in total. The zero-order chi connectivity index (χ0) is 14.4. The topological polar surface area (TPSA) is 34.6 Å². The van der Waals surface area contributed by atoms with Gasteiger partial charge in [0.2, 0.25) is 0 Å². The average Bonchev–Trinajstić information content (AvgIpc) is 2.47. The van der Waals surface area contributed by atoms with Gasteiger partial charge in [-0.1, -0.05) is 0 Å². The molecule has 1 aliphatic rings. The zero-order valence-corrected chi connectivity index (χ0v) is 13.0. The highest BCUT2D eigenvalue weighted by molar-refractivity contribution is 5.36. The van der Waals surface area contributed by atoms with Gasteiger partial charge < -0.3 is 10.2 Å². The lowest BCUT2D eigenvalue weighted by Crippen LogP contribution is -2.47. The molecule has 0 unspecified atom stereocenters. The maximum Gasteiger partial charge on any atom is 0.125 e. The van der Waals surface area contributed by atoms with Crippen molar-refractivity contribution in [2.45, 2.75) is 6.54 Å². The normalized spacial score (nSPS) is 17.6. The van der Waals surface area contributed by atoms with Crippen molar-refractivity contribution >= 4 is 5.82 Å². The van der Waals surface area contributed by atoms with Crippen molar-refractivity contribution in [2.24, 2.45) is 0 Å². The molecule has 0 aliphatic carbocycles. The highest BCUT2D eigenvalue weighted by Crippen LogP contribution is 2.11. The standard InChI is InChI=1S/C15H27N5/c1-16-15-12-14(4-5-17-15)13-20-10-8-19(9-11-20)7-6-18(2)3/h4-5,12H,6-11,13H2,1-3H3,(H,16,17). The molecule has 112 valence electrons. The summed E-state index contributed by atoms with van der Waals surface area (Å²) < 4.78 is 0. The second-order valence-corrected chi connectivity index (χ2v) is 5.72. The van der Waals surface area contributed by atoms with Crippen LogP contribution < -0.4 is 5.32 Å². The van der Waals surface area contributed by atoms with Gasteiger partial charge in [-0.3, -0.25) is 9.80 Å². The molecule has 0 atom stereocenters. The molecule has 1 aromatic heterocycles. The maximum absolute atomic E-state index is 4.26. The van der Waals surface area contributed by atoms with E-state index in [2.05, 4.69) is 51.2 Å². The summed E-state index contributed by atoms with van der Waals surface area (Å²) in [4.78, 5) is 11.6. The number of hydrogen-bond acceptors (Lipinski definition) is 5. The van der Waals surface area contributed by atoms with Gasteiger partial charge in [0.05, 0.1) is 0 Å². The molecule has 2 rings (SSSR count). The fourth-order valence-electron chi connectivity index (χ4n) is 2.48. The van der Waals surface area contributed by atoms with Crippen LogP contribution in [0, 0.1) is 0 Å². The monoisotopic (exact) mass is 277 g/mol. The molecule has 5 heteroatoms. The minimum Gasteiger partial charge on any atom is -0.373 e. The van der Waals surface area contributed by atoms with E-state index in [-0.39, 0.29) is 0 Å². The second kappa shape index (κ2) is 7.57. The first-order valence-electron chi connectivity index (χ1n) is 7.39. The van der Waals surface area contributed by atoms with E-state index in [1.165, 1.54) is 25.2 Å². The van der Waals surface area contributed by atoms with Crippen LogP contribution >= 0.6 is 0 Å². The Hall–Kier alpha value is -1.17. The lowest BCUT2D eigenvalue weighted by atomic mass is 10.2. The van der Waals surface area contributed by atoms with Crippen molar-refractivity contribution in [2.75, 3.05) is 65.7 Å². The number of nitrogens with zero attached hydrogens (tertiary/aromatic N) is 4. The van der Waals surface area contributed by atoms with Gasteiger partial charge in [-0.15, -0.1) is 0 Å². The Labute approximate surface area is 122 Å². The molecule has 5 nitrogen and oxygen atoms in total. The third kappa shape index (κ3) is 4.74. The van der Waals surface area contributed by atoms with Gasteiger partial charge in [0.25, 0.3) is 0 Å². The molecule has 0 radical (unpaired) electrons. The molecule has 0 saturated carbocycles. The summed E-state index contributed by atoms with van der Waals surface area (Å²) >= 11 is 0. The molecule has 1 saturated heterocycles. The molecule has 1 fully saturated rings. The van der Waals surface area contributed by atoms with Crippen LogP contribution in [0.4, 0.5) is 5.82 Å². The summed E-state index contributed by atoms with van der Waals surface area (Å²) in [6.07, 6.45) is 1.88. The highest BCUT2D eigenvalue weighted by Gasteiger charge is 2.16. The van der Waals surface area contributed by atoms with Gasteiger partial charge in [-0.25, -0.2) is 4.98 Å². The van der Waals surface area contributed by atoms with Crippen LogP contribution in [0.1, 0.15) is 5.56 Å². The van der Waals surface area contributed by atoms with Crippen LogP contribution in [0.25, 0.3) is 0 Å². The molecular weight excluding hydrogens is 250 g/mol. The van der Waals surface area contributed by atoms with E-state index in [4.69, 9.17) is 0 Å². The Kier molecular flexibility index (Phi) is 5.76. The van der Waals surface area contributed by atoms with Crippen molar-refractivity contribution in [3.8, 4) is 0 Å². The van der Waals surface area contributed by atoms with E-state index in [0.29, 0.717) is 0 Å². The van der Waals surface area contributed by atoms with Crippen LogP contribution in [0.3, 0.4) is 0 Å². The van der Waals surface area contributed by atoms with E-state index in [1.807, 2.05) is 13.2 Å². The summed E-state index contributed by atoms with van der Waals surface area (Å²) in [5.74, 6) is 0.951. The maximum atomic E-state index is 4.26. The predicted octanol–water partition coefficient (Wildman–Crippen LogP) is 0.803. The van der Waals surface area contributed by atoms with Crippen LogP contribution in [-0.4, -0.2) is 80.1 Å². The fraction of sp³-hybridized carbons (Fsp3) is 0.667. The Morgan fingerprint density at radius 3 is 2.55 bits per heavy atom. The molecule has 0 bridgehead atoms. The molecule has 1 aliphatic heterocycles. The number of pyridine rings is 1. The van der Waals surface area contributed by atoms with Gasteiger partial charge in [0, 0.05) is 59.1 Å². The van der Waals surface area contributed by atoms with Gasteiger partial charge >= 0.3 is 0 Å². The van der Waals surface area contributed by atoms with Gasteiger partial charge in [-0.2, -0.15) is 0 Å². The second-order valence-electron chi connectivity index (χ2n) is 5.72. The van der Waals surface area contributed by atoms with Gasteiger partial charge in [0.15, 0.2) is 0 Å². The summed E-state index contributed by atoms with van der Waals surface area (Å²) in [5, 5.41) is 3.10. The van der Waals surface area contributed by atoms with Crippen molar-refractivity contribution in [3.63, 3.8) is 0 Å². The van der Waals surface area contributed by atoms with E-state index in [9.17, 15) is 0 Å². The molecular formula is C15H27N5. The summed E-state index contributed by atoms with van der Waals surface area (Å²) in [7, 11) is 6.19. The van der Waals surface area contributed by atoms with Crippen LogP contribution in [0.2, 0.25) is 0 Å². The largest absolute Gasteiger partial charge is 0.373 e. The Bertz CT molecular complexity index is 399. The lowest BCUT2D eigenvalue weighted by Gasteiger charge is -2.35. The third-order valence-corrected chi connectivity index (χ3v) is 3.82. The van der Waals surface area contributed by atoms with E-state index in [0.717, 1.165) is 32.0 Å². The summed E-state index contributed by atoms with van der Waals surface area (Å²) in [6, 6.07) is 4.25. The number of piperazine rings is 1. The molecule has 0 aromatic carbocycles. The first-order chi connectivity index (χ1) is 9.67. The number of aromatic nitrogens is 1. The number of likely N-dealkylation sites (N-methyl/N-ethyl adjacent to an activating group) is 1. The quantitative estimate of drug-likeness (QED) is 0.832. The first kappa shape index (κ1) is 15.2. The van der Waals surface area contributed by atoms with Crippen molar-refractivity contribution in [1.82, 2.24) is 19.7 Å². The molecule has 0 amide bonds. The van der Waals surface area contributed by atoms with E-state index in [1.54, 1.807) is 0 Å². The van der Waals surface area contributed by atoms with Crippen molar-refractivity contribution in [1.29, 1.82) is 0 Å². The number of hydrogen-bond donors (Lipinski definition) is 1. The Morgan fingerprint density at radius 2 is 1.90 bits per heavy atom. The molecule has 20 heavy (non-hydrogen) atoms. The van der Waals surface area contributed by atoms with Crippen molar-refractivity contribution < 1.29 is 0 Å². The predicted molar refractivity (Wildman–Crippen MR) is 84.1 cm³/mol. The van der Waals surface area contributed by atoms with E-state index < -0.39 is 0 Å². The number of rotatable bonds is 6. The highest BCUT2D eigenvalue weighted by atomic mass is 15.3. The van der Waals surface area contributed by atoms with Crippen LogP contribution in [0.5, 0.6) is 0 Å². The third-order valence-electron chi connectivity index (χ3n) is 3.82. The van der Waals surface area contributed by atoms with Crippen LogP contribution in [0.15, 0.2) is 18.3 Å². The van der Waals surface area contributed by atoms with Gasteiger partial charge in [0.1, 0.15) is 5.82 Å². The van der Waals surface area contributed by atoms with Gasteiger partial charge in [-0.05, 0) is 31.8 Å². The number of nitrogens with one attached hydrogen (secondary N) is 1. The zero-order valence-electron chi connectivity index (χ0n) is 13.0. The minimum atomic E-state index is 0.951. The summed E-state index contributed by atoms with van der Waals surface area (Å²) in [6.45, 7) is 8.03. The first-order valence-corrected chi connectivity index (χ1v) is 7.39. The Balaban J connectivity index is 1.76. The molecule has 1 aromatic rings. The SMILES string of the molecule is CNc1cc(CN2CCN(CCN(C)C)CC2)ccn1. The summed E-state index contributed by atoms with van der Waals surface area (Å²) in [5.41, 5.74) is 1.34.